The van der Waals surface area contributed by atoms with Crippen LogP contribution in [-0.2, 0) is 6.54 Å². The van der Waals surface area contributed by atoms with Gasteiger partial charge in [-0.05, 0) is 30.7 Å². The van der Waals surface area contributed by atoms with E-state index in [1.165, 1.54) is 6.20 Å². The lowest BCUT2D eigenvalue weighted by molar-refractivity contribution is 0.471. The molecule has 0 amide bonds. The molecule has 1 aromatic carbocycles. The van der Waals surface area contributed by atoms with Crippen LogP contribution in [0.1, 0.15) is 24.2 Å². The zero-order valence-corrected chi connectivity index (χ0v) is 10.9. The molecule has 0 aliphatic rings. The minimum Gasteiger partial charge on any atom is -0.506 e. The van der Waals surface area contributed by atoms with Crippen LogP contribution in [0.25, 0.3) is 0 Å². The number of aromatic hydroxyl groups is 1. The zero-order valence-electron chi connectivity index (χ0n) is 10.1. The van der Waals surface area contributed by atoms with Gasteiger partial charge in [-0.25, -0.2) is 0 Å². The van der Waals surface area contributed by atoms with Gasteiger partial charge in [-0.1, -0.05) is 29.8 Å². The normalized spacial score (nSPS) is 12.3. The highest BCUT2D eigenvalue weighted by Gasteiger charge is 2.08. The summed E-state index contributed by atoms with van der Waals surface area (Å²) in [6.45, 7) is 2.69. The van der Waals surface area contributed by atoms with Gasteiger partial charge in [-0.2, -0.15) is 0 Å². The maximum Gasteiger partial charge on any atom is 0.133 e. The third-order valence-electron chi connectivity index (χ3n) is 2.77. The Morgan fingerprint density at radius 3 is 2.72 bits per heavy atom. The molecule has 0 saturated carbocycles. The first-order valence-electron chi connectivity index (χ1n) is 5.78. The van der Waals surface area contributed by atoms with Gasteiger partial charge in [-0.15, -0.1) is 0 Å². The van der Waals surface area contributed by atoms with E-state index in [4.69, 9.17) is 16.7 Å². The molecule has 0 fully saturated rings. The van der Waals surface area contributed by atoms with E-state index < -0.39 is 0 Å². The zero-order chi connectivity index (χ0) is 13.0. The molecule has 3 nitrogen and oxygen atoms in total. The number of nitrogens with zero attached hydrogens (tertiary/aromatic N) is 1. The third kappa shape index (κ3) is 3.22. The Morgan fingerprint density at radius 1 is 1.28 bits per heavy atom. The SMILES string of the molecule is CC(NCc1ccc(O)cn1)c1ccccc1Cl. The summed E-state index contributed by atoms with van der Waals surface area (Å²) < 4.78 is 0. The van der Waals surface area contributed by atoms with Crippen molar-refractivity contribution in [2.45, 2.75) is 19.5 Å². The number of hydrogen-bond donors (Lipinski definition) is 2. The standard InChI is InChI=1S/C14H15ClN2O/c1-10(13-4-2-3-5-14(13)15)16-8-11-6-7-12(18)9-17-11/h2-7,9-10,16,18H,8H2,1H3. The number of aromatic nitrogens is 1. The maximum atomic E-state index is 9.15. The molecule has 1 atom stereocenters. The van der Waals surface area contributed by atoms with E-state index in [0.29, 0.717) is 6.54 Å². The first-order valence-corrected chi connectivity index (χ1v) is 6.16. The van der Waals surface area contributed by atoms with Crippen LogP contribution in [0, 0.1) is 0 Å². The fourth-order valence-electron chi connectivity index (χ4n) is 1.72. The average Bonchev–Trinajstić information content (AvgIpc) is 2.38. The molecule has 4 heteroatoms. The van der Waals surface area contributed by atoms with Gasteiger partial charge in [-0.3, -0.25) is 4.98 Å². The van der Waals surface area contributed by atoms with Crippen LogP contribution < -0.4 is 5.32 Å². The smallest absolute Gasteiger partial charge is 0.133 e. The van der Waals surface area contributed by atoms with Gasteiger partial charge in [0.15, 0.2) is 0 Å². The minimum absolute atomic E-state index is 0.148. The van der Waals surface area contributed by atoms with Crippen LogP contribution in [0.4, 0.5) is 0 Å². The average molecular weight is 263 g/mol. The van der Waals surface area contributed by atoms with E-state index in [2.05, 4.69) is 17.2 Å². The van der Waals surface area contributed by atoms with Crippen LogP contribution in [0.15, 0.2) is 42.6 Å². The van der Waals surface area contributed by atoms with E-state index in [-0.39, 0.29) is 11.8 Å². The number of hydrogen-bond acceptors (Lipinski definition) is 3. The lowest BCUT2D eigenvalue weighted by Crippen LogP contribution is -2.18. The summed E-state index contributed by atoms with van der Waals surface area (Å²) in [4.78, 5) is 4.12. The topological polar surface area (TPSA) is 45.1 Å². The van der Waals surface area contributed by atoms with E-state index in [9.17, 15) is 0 Å². The second-order valence-corrected chi connectivity index (χ2v) is 4.54. The molecule has 1 unspecified atom stereocenters. The largest absolute Gasteiger partial charge is 0.506 e. The molecule has 2 N–H and O–H groups in total. The summed E-state index contributed by atoms with van der Waals surface area (Å²) in [5, 5.41) is 13.3. The van der Waals surface area contributed by atoms with Gasteiger partial charge in [0.25, 0.3) is 0 Å². The molecule has 1 aromatic heterocycles. The first kappa shape index (κ1) is 12.9. The molecule has 94 valence electrons. The number of benzene rings is 1. The number of rotatable bonds is 4. The summed E-state index contributed by atoms with van der Waals surface area (Å²) >= 11 is 6.13. The molecule has 0 saturated heterocycles. The Morgan fingerprint density at radius 2 is 2.06 bits per heavy atom. The van der Waals surface area contributed by atoms with E-state index >= 15 is 0 Å². The Hall–Kier alpha value is -1.58. The minimum atomic E-state index is 0.148. The van der Waals surface area contributed by atoms with Gasteiger partial charge >= 0.3 is 0 Å². The Bertz CT molecular complexity index is 513. The molecule has 0 aliphatic heterocycles. The van der Waals surface area contributed by atoms with Crippen molar-refractivity contribution < 1.29 is 5.11 Å². The third-order valence-corrected chi connectivity index (χ3v) is 3.11. The van der Waals surface area contributed by atoms with Crippen molar-refractivity contribution >= 4 is 11.6 Å². The molecule has 0 spiro atoms. The van der Waals surface area contributed by atoms with Crippen LogP contribution in [-0.4, -0.2) is 10.1 Å². The van der Waals surface area contributed by atoms with Gasteiger partial charge in [0.1, 0.15) is 5.75 Å². The number of pyridine rings is 1. The van der Waals surface area contributed by atoms with E-state index in [1.807, 2.05) is 24.3 Å². The molecular weight excluding hydrogens is 248 g/mol. The lowest BCUT2D eigenvalue weighted by Gasteiger charge is -2.15. The highest BCUT2D eigenvalue weighted by atomic mass is 35.5. The van der Waals surface area contributed by atoms with Crippen molar-refractivity contribution in [3.8, 4) is 5.75 Å². The summed E-state index contributed by atoms with van der Waals surface area (Å²) in [7, 11) is 0. The number of nitrogens with one attached hydrogen (secondary N) is 1. The van der Waals surface area contributed by atoms with Crippen LogP contribution in [0.2, 0.25) is 5.02 Å². The highest BCUT2D eigenvalue weighted by Crippen LogP contribution is 2.22. The van der Waals surface area contributed by atoms with Crippen molar-refractivity contribution in [3.05, 3.63) is 58.9 Å². The maximum absolute atomic E-state index is 9.15. The highest BCUT2D eigenvalue weighted by molar-refractivity contribution is 6.31. The van der Waals surface area contributed by atoms with Crippen LogP contribution >= 0.6 is 11.6 Å². The molecule has 1 heterocycles. The predicted octanol–water partition coefficient (Wildman–Crippen LogP) is 3.29. The van der Waals surface area contributed by atoms with Crippen molar-refractivity contribution in [3.63, 3.8) is 0 Å². The van der Waals surface area contributed by atoms with E-state index in [1.54, 1.807) is 12.1 Å². The van der Waals surface area contributed by atoms with Crippen LogP contribution in [0.5, 0.6) is 5.75 Å². The molecular formula is C14H15ClN2O. The lowest BCUT2D eigenvalue weighted by atomic mass is 10.1. The Labute approximate surface area is 111 Å². The van der Waals surface area contributed by atoms with Gasteiger partial charge in [0.05, 0.1) is 11.9 Å². The van der Waals surface area contributed by atoms with Crippen molar-refractivity contribution in [2.75, 3.05) is 0 Å². The monoisotopic (exact) mass is 262 g/mol. The molecule has 2 aromatic rings. The molecule has 2 rings (SSSR count). The predicted molar refractivity (Wildman–Crippen MR) is 72.6 cm³/mol. The second-order valence-electron chi connectivity index (χ2n) is 4.13. The quantitative estimate of drug-likeness (QED) is 0.889. The van der Waals surface area contributed by atoms with Gasteiger partial charge in [0.2, 0.25) is 0 Å². The van der Waals surface area contributed by atoms with E-state index in [0.717, 1.165) is 16.3 Å². The Balaban J connectivity index is 1.98. The summed E-state index contributed by atoms with van der Waals surface area (Å²) in [6, 6.07) is 11.3. The molecule has 0 aliphatic carbocycles. The van der Waals surface area contributed by atoms with Crippen molar-refractivity contribution in [1.82, 2.24) is 10.3 Å². The van der Waals surface area contributed by atoms with Gasteiger partial charge in [0, 0.05) is 17.6 Å². The van der Waals surface area contributed by atoms with Crippen LogP contribution in [0.3, 0.4) is 0 Å². The number of halogens is 1. The van der Waals surface area contributed by atoms with Crippen molar-refractivity contribution in [2.24, 2.45) is 0 Å². The fraction of sp³-hybridized carbons (Fsp3) is 0.214. The van der Waals surface area contributed by atoms with Crippen molar-refractivity contribution in [1.29, 1.82) is 0 Å². The summed E-state index contributed by atoms with van der Waals surface area (Å²) in [5.41, 5.74) is 1.95. The molecule has 0 radical (unpaired) electrons. The summed E-state index contributed by atoms with van der Waals surface area (Å²) in [6.07, 6.45) is 1.44. The fourth-order valence-corrected chi connectivity index (χ4v) is 2.01. The summed E-state index contributed by atoms with van der Waals surface area (Å²) in [5.74, 6) is 0.179. The van der Waals surface area contributed by atoms with Gasteiger partial charge < -0.3 is 10.4 Å². The second kappa shape index (κ2) is 5.85. The first-order chi connectivity index (χ1) is 8.66. The molecule has 0 bridgehead atoms. The molecule has 18 heavy (non-hydrogen) atoms. The Kier molecular flexibility index (Phi) is 4.18.